The Kier molecular flexibility index (Phi) is 5.29. The number of nitro groups is 1. The second-order valence-electron chi connectivity index (χ2n) is 4.83. The van der Waals surface area contributed by atoms with Crippen molar-refractivity contribution in [3.8, 4) is 0 Å². The third-order valence-corrected chi connectivity index (χ3v) is 6.43. The molecule has 1 heterocycles. The fourth-order valence-corrected chi connectivity index (χ4v) is 5.33. The highest BCUT2D eigenvalue weighted by atomic mass is 35.5. The van der Waals surface area contributed by atoms with E-state index in [9.17, 15) is 18.5 Å². The van der Waals surface area contributed by atoms with Crippen molar-refractivity contribution in [3.05, 3.63) is 32.3 Å². The monoisotopic (exact) mass is 368 g/mol. The van der Waals surface area contributed by atoms with Crippen LogP contribution in [0.4, 0.5) is 5.69 Å². The third-order valence-electron chi connectivity index (χ3n) is 3.47. The molecule has 7 nitrogen and oxygen atoms in total. The van der Waals surface area contributed by atoms with Crippen LogP contribution in [0.5, 0.6) is 0 Å². The lowest BCUT2D eigenvalue weighted by molar-refractivity contribution is -0.384. The lowest BCUT2D eigenvalue weighted by atomic mass is 10.2. The third kappa shape index (κ3) is 3.07. The molecule has 0 unspecified atom stereocenters. The first kappa shape index (κ1) is 17.4. The van der Waals surface area contributed by atoms with Gasteiger partial charge in [-0.3, -0.25) is 10.1 Å². The van der Waals surface area contributed by atoms with E-state index < -0.39 is 30.6 Å². The summed E-state index contributed by atoms with van der Waals surface area (Å²) in [6.45, 7) is 0.537. The first-order chi connectivity index (χ1) is 10.3. The summed E-state index contributed by atoms with van der Waals surface area (Å²) in [5, 5.41) is 10.3. The van der Waals surface area contributed by atoms with E-state index in [1.165, 1.54) is 17.5 Å². The Morgan fingerprint density at radius 2 is 2.14 bits per heavy atom. The van der Waals surface area contributed by atoms with Gasteiger partial charge < -0.3 is 4.74 Å². The van der Waals surface area contributed by atoms with Gasteiger partial charge in [0.05, 0.1) is 16.6 Å². The molecule has 0 aliphatic carbocycles. The average molecular weight is 369 g/mol. The Balaban J connectivity index is 2.54. The fourth-order valence-electron chi connectivity index (χ4n) is 2.50. The molecule has 0 radical (unpaired) electrons. The molecule has 0 bridgehead atoms. The van der Waals surface area contributed by atoms with Gasteiger partial charge >= 0.3 is 0 Å². The van der Waals surface area contributed by atoms with Gasteiger partial charge in [-0.25, -0.2) is 8.42 Å². The van der Waals surface area contributed by atoms with E-state index in [4.69, 9.17) is 27.9 Å². The van der Waals surface area contributed by atoms with Gasteiger partial charge in [-0.1, -0.05) is 23.2 Å². The van der Waals surface area contributed by atoms with Crippen LogP contribution in [0.25, 0.3) is 0 Å². The number of benzene rings is 1. The predicted molar refractivity (Wildman–Crippen MR) is 81.9 cm³/mol. The molecule has 1 atom stereocenters. The average Bonchev–Trinajstić information content (AvgIpc) is 2.87. The summed E-state index contributed by atoms with van der Waals surface area (Å²) in [4.78, 5) is 9.79. The normalized spacial score (nSPS) is 19.5. The maximum atomic E-state index is 12.8. The van der Waals surface area contributed by atoms with Gasteiger partial charge in [0, 0.05) is 25.8 Å². The van der Waals surface area contributed by atoms with E-state index in [0.29, 0.717) is 19.4 Å². The van der Waals surface area contributed by atoms with Crippen molar-refractivity contribution in [2.75, 3.05) is 20.3 Å². The number of nitro benzene ring substituents is 1. The maximum absolute atomic E-state index is 12.8. The summed E-state index contributed by atoms with van der Waals surface area (Å²) in [6.07, 6.45) is 1.33. The number of ether oxygens (including phenoxy) is 1. The van der Waals surface area contributed by atoms with Crippen LogP contribution < -0.4 is 0 Å². The molecule has 1 aliphatic rings. The molecule has 1 aliphatic heterocycles. The Hall–Kier alpha value is -0.930. The maximum Gasteiger partial charge on any atom is 0.289 e. The summed E-state index contributed by atoms with van der Waals surface area (Å²) in [5.74, 6) is 0. The molecule has 122 valence electrons. The largest absolute Gasteiger partial charge is 0.383 e. The molecule has 1 fully saturated rings. The molecule has 0 aromatic heterocycles. The minimum absolute atomic E-state index is 0.140. The van der Waals surface area contributed by atoms with E-state index in [0.717, 1.165) is 6.07 Å². The van der Waals surface area contributed by atoms with E-state index in [1.54, 1.807) is 0 Å². The number of hydrogen-bond acceptors (Lipinski definition) is 5. The van der Waals surface area contributed by atoms with Crippen molar-refractivity contribution in [1.29, 1.82) is 0 Å². The predicted octanol–water partition coefficient (Wildman–Crippen LogP) is 2.70. The standard InChI is InChI=1S/C12H14Cl2N2O5S/c1-21-7-8-3-2-6-15(8)22(19,20)12-9(13)4-5-10(11(12)14)16(17)18/h4-5,8H,2-3,6-7H2,1H3/t8-/m0/s1. The molecule has 0 amide bonds. The molecule has 0 N–H and O–H groups in total. The van der Waals surface area contributed by atoms with E-state index in [-0.39, 0.29) is 17.7 Å². The van der Waals surface area contributed by atoms with Crippen molar-refractivity contribution >= 4 is 38.9 Å². The molecule has 1 aromatic carbocycles. The van der Waals surface area contributed by atoms with Gasteiger partial charge in [-0.2, -0.15) is 4.31 Å². The van der Waals surface area contributed by atoms with E-state index in [2.05, 4.69) is 0 Å². The topological polar surface area (TPSA) is 89.8 Å². The zero-order valence-electron chi connectivity index (χ0n) is 11.7. The fraction of sp³-hybridized carbons (Fsp3) is 0.500. The Bertz CT molecular complexity index is 695. The van der Waals surface area contributed by atoms with Crippen molar-refractivity contribution in [2.24, 2.45) is 0 Å². The van der Waals surface area contributed by atoms with E-state index in [1.807, 2.05) is 0 Å². The highest BCUT2D eigenvalue weighted by Gasteiger charge is 2.39. The van der Waals surface area contributed by atoms with Crippen LogP contribution in [0.2, 0.25) is 10.0 Å². The van der Waals surface area contributed by atoms with Gasteiger partial charge in [0.15, 0.2) is 0 Å². The smallest absolute Gasteiger partial charge is 0.289 e. The number of hydrogen-bond donors (Lipinski definition) is 0. The summed E-state index contributed by atoms with van der Waals surface area (Å²) < 4.78 is 31.9. The van der Waals surface area contributed by atoms with Crippen LogP contribution in [0, 0.1) is 10.1 Å². The summed E-state index contributed by atoms with van der Waals surface area (Å²) >= 11 is 11.9. The molecule has 0 spiro atoms. The Morgan fingerprint density at radius 1 is 1.45 bits per heavy atom. The molecule has 0 saturated carbocycles. The molecule has 10 heteroatoms. The number of methoxy groups -OCH3 is 1. The molecule has 1 saturated heterocycles. The van der Waals surface area contributed by atoms with Crippen LogP contribution in [-0.4, -0.2) is 43.9 Å². The zero-order chi connectivity index (χ0) is 16.5. The molecule has 2 rings (SSSR count). The van der Waals surface area contributed by atoms with Gasteiger partial charge in [0.2, 0.25) is 10.0 Å². The van der Waals surface area contributed by atoms with Crippen LogP contribution >= 0.6 is 23.2 Å². The van der Waals surface area contributed by atoms with Crippen molar-refractivity contribution in [2.45, 2.75) is 23.8 Å². The SMILES string of the molecule is COC[C@@H]1CCCN1S(=O)(=O)c1c(Cl)ccc([N+](=O)[O-])c1Cl. The van der Waals surface area contributed by atoms with Crippen LogP contribution in [0.3, 0.4) is 0 Å². The highest BCUT2D eigenvalue weighted by molar-refractivity contribution is 7.89. The highest BCUT2D eigenvalue weighted by Crippen LogP contribution is 2.39. The van der Waals surface area contributed by atoms with Crippen molar-refractivity contribution in [3.63, 3.8) is 0 Å². The van der Waals surface area contributed by atoms with Crippen LogP contribution in [-0.2, 0) is 14.8 Å². The first-order valence-electron chi connectivity index (χ1n) is 6.44. The van der Waals surface area contributed by atoms with Crippen LogP contribution in [0.1, 0.15) is 12.8 Å². The van der Waals surface area contributed by atoms with Crippen molar-refractivity contribution < 1.29 is 18.1 Å². The number of rotatable bonds is 5. The number of halogens is 2. The van der Waals surface area contributed by atoms with Gasteiger partial charge in [-0.15, -0.1) is 0 Å². The lowest BCUT2D eigenvalue weighted by Crippen LogP contribution is -2.38. The summed E-state index contributed by atoms with van der Waals surface area (Å²) in [7, 11) is -2.56. The Morgan fingerprint density at radius 3 is 2.73 bits per heavy atom. The molecule has 1 aromatic rings. The number of sulfonamides is 1. The van der Waals surface area contributed by atoms with Gasteiger partial charge in [-0.05, 0) is 18.9 Å². The molecule has 22 heavy (non-hydrogen) atoms. The van der Waals surface area contributed by atoms with Crippen molar-refractivity contribution in [1.82, 2.24) is 4.31 Å². The summed E-state index contributed by atoms with van der Waals surface area (Å²) in [6, 6.07) is 1.92. The Labute approximate surface area is 138 Å². The van der Waals surface area contributed by atoms with Gasteiger partial charge in [0.25, 0.3) is 5.69 Å². The summed E-state index contributed by atoms with van der Waals surface area (Å²) in [5.41, 5.74) is -0.493. The second-order valence-corrected chi connectivity index (χ2v) is 7.45. The second kappa shape index (κ2) is 6.67. The van der Waals surface area contributed by atoms with E-state index >= 15 is 0 Å². The zero-order valence-corrected chi connectivity index (χ0v) is 14.0. The number of nitrogens with zero attached hydrogens (tertiary/aromatic N) is 2. The van der Waals surface area contributed by atoms with Gasteiger partial charge in [0.1, 0.15) is 9.92 Å². The minimum Gasteiger partial charge on any atom is -0.383 e. The molecular weight excluding hydrogens is 355 g/mol. The lowest BCUT2D eigenvalue weighted by Gasteiger charge is -2.24. The minimum atomic E-state index is -4.04. The quantitative estimate of drug-likeness (QED) is 0.588. The van der Waals surface area contributed by atoms with Crippen LogP contribution in [0.15, 0.2) is 17.0 Å². The first-order valence-corrected chi connectivity index (χ1v) is 8.63. The molecular formula is C12H14Cl2N2O5S.